The van der Waals surface area contributed by atoms with Gasteiger partial charge in [-0.25, -0.2) is 9.37 Å². The molecule has 0 atom stereocenters. The van der Waals surface area contributed by atoms with Crippen LogP contribution in [0.4, 0.5) is 15.2 Å². The number of nitrogens with zero attached hydrogens (tertiary/aromatic N) is 3. The van der Waals surface area contributed by atoms with Gasteiger partial charge in [0.25, 0.3) is 5.91 Å². The fraction of sp³-hybridized carbons (Fsp3) is 0.320. The zero-order valence-electron chi connectivity index (χ0n) is 18.9. The fourth-order valence-electron chi connectivity index (χ4n) is 3.99. The van der Waals surface area contributed by atoms with Crippen molar-refractivity contribution in [3.8, 4) is 11.3 Å². The van der Waals surface area contributed by atoms with E-state index < -0.39 is 0 Å². The van der Waals surface area contributed by atoms with Crippen molar-refractivity contribution in [1.29, 1.82) is 0 Å². The Morgan fingerprint density at radius 2 is 1.94 bits per heavy atom. The molecule has 4 heterocycles. The van der Waals surface area contributed by atoms with E-state index in [0.29, 0.717) is 16.3 Å². The van der Waals surface area contributed by atoms with Gasteiger partial charge in [-0.1, -0.05) is 30.4 Å². The highest BCUT2D eigenvalue weighted by Gasteiger charge is 2.16. The molecule has 6 nitrogen and oxygen atoms in total. The number of piperidine rings is 1. The molecule has 1 fully saturated rings. The van der Waals surface area contributed by atoms with E-state index in [9.17, 15) is 9.18 Å². The molecule has 1 amide bonds. The third-order valence-corrected chi connectivity index (χ3v) is 8.18. The van der Waals surface area contributed by atoms with Gasteiger partial charge >= 0.3 is 0 Å². The molecule has 0 radical (unpaired) electrons. The van der Waals surface area contributed by atoms with E-state index in [0.717, 1.165) is 39.2 Å². The second kappa shape index (κ2) is 10.2. The second-order valence-electron chi connectivity index (χ2n) is 8.64. The number of carbonyl (C=O) groups is 1. The number of hydrogen-bond acceptors (Lipinski definition) is 7. The molecular formula is C25H26FN5OS2. The Morgan fingerprint density at radius 3 is 2.65 bits per heavy atom. The summed E-state index contributed by atoms with van der Waals surface area (Å²) < 4.78 is 14.1. The maximum absolute atomic E-state index is 13.1. The maximum atomic E-state index is 13.1. The number of aromatic nitrogens is 2. The van der Waals surface area contributed by atoms with Crippen LogP contribution in [0.5, 0.6) is 0 Å². The Morgan fingerprint density at radius 1 is 1.15 bits per heavy atom. The summed E-state index contributed by atoms with van der Waals surface area (Å²) in [6.45, 7) is 6.60. The molecule has 176 valence electrons. The number of nitrogens with one attached hydrogen (secondary N) is 2. The number of hydrogen-bond donors (Lipinski definition) is 2. The minimum atomic E-state index is -0.368. The lowest BCUT2D eigenvalue weighted by molar-refractivity contribution is 0.103. The molecule has 2 N–H and O–H groups in total. The molecular weight excluding hydrogens is 469 g/mol. The first-order valence-electron chi connectivity index (χ1n) is 11.4. The molecule has 0 aliphatic carbocycles. The van der Waals surface area contributed by atoms with Crippen LogP contribution in [0.3, 0.4) is 0 Å². The zero-order chi connectivity index (χ0) is 23.5. The predicted molar refractivity (Wildman–Crippen MR) is 138 cm³/mol. The Hall–Kier alpha value is -2.88. The molecule has 34 heavy (non-hydrogen) atoms. The number of pyridine rings is 1. The summed E-state index contributed by atoms with van der Waals surface area (Å²) in [6.07, 6.45) is 3.76. The van der Waals surface area contributed by atoms with Gasteiger partial charge in [0.15, 0.2) is 5.13 Å². The van der Waals surface area contributed by atoms with Crippen LogP contribution in [-0.4, -0.2) is 47.0 Å². The number of amides is 1. The lowest BCUT2D eigenvalue weighted by atomic mass is 9.99. The number of thiophene rings is 1. The quantitative estimate of drug-likeness (QED) is 0.331. The van der Waals surface area contributed by atoms with E-state index in [4.69, 9.17) is 0 Å². The molecule has 9 heteroatoms. The normalized spacial score (nSPS) is 15.0. The van der Waals surface area contributed by atoms with Crippen molar-refractivity contribution in [2.24, 2.45) is 5.92 Å². The Labute approximate surface area is 205 Å². The largest absolute Gasteiger partial charge is 0.360 e. The molecule has 0 unspecified atom stereocenters. The van der Waals surface area contributed by atoms with Crippen molar-refractivity contribution in [3.05, 3.63) is 59.4 Å². The molecule has 4 aromatic rings. The van der Waals surface area contributed by atoms with Crippen molar-refractivity contribution in [2.45, 2.75) is 19.8 Å². The summed E-state index contributed by atoms with van der Waals surface area (Å²) in [7, 11) is 0. The zero-order valence-corrected chi connectivity index (χ0v) is 20.5. The standard InChI is InChI=1S/C25H26FN5OS2/c1-16-8-11-31(12-9-16)13-10-27-25-30-24-22(34-25)14-21(33-24)23(32)29-19-5-2-17(3-6-19)20-7-4-18(26)15-28-20/h2-7,14-16H,8-13H2,1H3,(H,27,30)(H,29,32). The van der Waals surface area contributed by atoms with Gasteiger partial charge in [-0.2, -0.15) is 0 Å². The summed E-state index contributed by atoms with van der Waals surface area (Å²) in [5.74, 6) is 0.323. The molecule has 0 spiro atoms. The van der Waals surface area contributed by atoms with Gasteiger partial charge in [-0.15, -0.1) is 11.3 Å². The Balaban J connectivity index is 1.15. The molecule has 1 saturated heterocycles. The number of thiazole rings is 1. The summed E-state index contributed by atoms with van der Waals surface area (Å²) in [5.41, 5.74) is 2.22. The van der Waals surface area contributed by atoms with E-state index in [1.54, 1.807) is 17.4 Å². The lowest BCUT2D eigenvalue weighted by Crippen LogP contribution is -2.36. The number of carbonyl (C=O) groups excluding carboxylic acids is 1. The highest BCUT2D eigenvalue weighted by Crippen LogP contribution is 2.33. The fourth-order valence-corrected chi connectivity index (χ4v) is 6.03. The number of fused-ring (bicyclic) bond motifs is 1. The van der Waals surface area contributed by atoms with Crippen molar-refractivity contribution >= 4 is 48.9 Å². The third-order valence-electron chi connectivity index (χ3n) is 6.06. The van der Waals surface area contributed by atoms with Crippen LogP contribution >= 0.6 is 22.7 Å². The molecule has 1 aliphatic rings. The van der Waals surface area contributed by atoms with E-state index >= 15 is 0 Å². The number of likely N-dealkylation sites (tertiary alicyclic amines) is 1. The van der Waals surface area contributed by atoms with Crippen LogP contribution in [0.15, 0.2) is 48.7 Å². The van der Waals surface area contributed by atoms with Gasteiger partial charge in [0, 0.05) is 24.3 Å². The van der Waals surface area contributed by atoms with Crippen molar-refractivity contribution in [2.75, 3.05) is 36.8 Å². The summed E-state index contributed by atoms with van der Waals surface area (Å²) >= 11 is 2.99. The van der Waals surface area contributed by atoms with Gasteiger partial charge in [0.2, 0.25) is 0 Å². The van der Waals surface area contributed by atoms with Gasteiger partial charge in [-0.05, 0) is 62.2 Å². The first-order valence-corrected chi connectivity index (χ1v) is 13.1. The highest BCUT2D eigenvalue weighted by atomic mass is 32.1. The van der Waals surface area contributed by atoms with E-state index in [1.807, 2.05) is 30.3 Å². The van der Waals surface area contributed by atoms with Gasteiger partial charge in [0.05, 0.1) is 21.5 Å². The smallest absolute Gasteiger partial charge is 0.265 e. The molecule has 3 aromatic heterocycles. The van der Waals surface area contributed by atoms with Gasteiger partial charge in [0.1, 0.15) is 10.6 Å². The Kier molecular flexibility index (Phi) is 6.85. The third kappa shape index (κ3) is 5.43. The van der Waals surface area contributed by atoms with Crippen molar-refractivity contribution in [3.63, 3.8) is 0 Å². The number of anilines is 2. The Bertz CT molecular complexity index is 1230. The van der Waals surface area contributed by atoms with Crippen LogP contribution in [0.1, 0.15) is 29.4 Å². The minimum Gasteiger partial charge on any atom is -0.360 e. The summed E-state index contributed by atoms with van der Waals surface area (Å²) in [6, 6.07) is 12.3. The molecule has 1 aliphatic heterocycles. The maximum Gasteiger partial charge on any atom is 0.265 e. The number of benzene rings is 1. The average molecular weight is 496 g/mol. The van der Waals surface area contributed by atoms with Crippen LogP contribution < -0.4 is 10.6 Å². The van der Waals surface area contributed by atoms with Gasteiger partial charge < -0.3 is 15.5 Å². The number of rotatable bonds is 7. The molecule has 5 rings (SSSR count). The topological polar surface area (TPSA) is 70.2 Å². The van der Waals surface area contributed by atoms with Crippen LogP contribution in [-0.2, 0) is 0 Å². The summed E-state index contributed by atoms with van der Waals surface area (Å²) in [5, 5.41) is 7.27. The van der Waals surface area contributed by atoms with Gasteiger partial charge in [-0.3, -0.25) is 9.78 Å². The average Bonchev–Trinajstić information content (AvgIpc) is 3.41. The first-order chi connectivity index (χ1) is 16.5. The molecule has 0 saturated carbocycles. The van der Waals surface area contributed by atoms with Crippen LogP contribution in [0.2, 0.25) is 0 Å². The van der Waals surface area contributed by atoms with E-state index in [2.05, 4.69) is 32.4 Å². The van der Waals surface area contributed by atoms with E-state index in [-0.39, 0.29) is 11.7 Å². The molecule has 1 aromatic carbocycles. The van der Waals surface area contributed by atoms with Crippen LogP contribution in [0, 0.1) is 11.7 Å². The summed E-state index contributed by atoms with van der Waals surface area (Å²) in [4.78, 5) is 25.5. The molecule has 0 bridgehead atoms. The van der Waals surface area contributed by atoms with Crippen molar-refractivity contribution < 1.29 is 9.18 Å². The lowest BCUT2D eigenvalue weighted by Gasteiger charge is -2.30. The minimum absolute atomic E-state index is 0.156. The van der Waals surface area contributed by atoms with E-state index in [1.165, 1.54) is 49.5 Å². The monoisotopic (exact) mass is 495 g/mol. The highest BCUT2D eigenvalue weighted by molar-refractivity contribution is 7.29. The van der Waals surface area contributed by atoms with Crippen LogP contribution in [0.25, 0.3) is 20.8 Å². The van der Waals surface area contributed by atoms with Crippen molar-refractivity contribution in [1.82, 2.24) is 14.9 Å². The predicted octanol–water partition coefficient (Wildman–Crippen LogP) is 5.96. The number of halogens is 1. The SMILES string of the molecule is CC1CCN(CCNc2nc3sc(C(=O)Nc4ccc(-c5ccc(F)cn5)cc4)cc3s2)CC1. The first kappa shape index (κ1) is 22.9. The second-order valence-corrected chi connectivity index (χ2v) is 10.7.